The standard InChI is InChI=1S/C18H16O4/c19-17(13-1-3-15-11(9-13)5-7-21-15)18(20)14-2-4-16-12(10-14)6-8-22-16/h1-4,9-10,17,19H,5-8H2. The summed E-state index contributed by atoms with van der Waals surface area (Å²) in [6.45, 7) is 1.31. The maximum absolute atomic E-state index is 12.5. The molecule has 2 aromatic rings. The van der Waals surface area contributed by atoms with Crippen LogP contribution in [0.15, 0.2) is 36.4 Å². The lowest BCUT2D eigenvalue weighted by Gasteiger charge is -2.12. The number of aliphatic hydroxyl groups excluding tert-OH is 1. The van der Waals surface area contributed by atoms with Crippen molar-refractivity contribution in [3.05, 3.63) is 58.7 Å². The van der Waals surface area contributed by atoms with E-state index in [1.807, 2.05) is 18.2 Å². The van der Waals surface area contributed by atoms with Crippen LogP contribution >= 0.6 is 0 Å². The third-order valence-electron chi connectivity index (χ3n) is 4.25. The van der Waals surface area contributed by atoms with Crippen molar-refractivity contribution in [2.45, 2.75) is 18.9 Å². The maximum Gasteiger partial charge on any atom is 0.195 e. The van der Waals surface area contributed by atoms with Gasteiger partial charge in [-0.3, -0.25) is 4.79 Å². The van der Waals surface area contributed by atoms with E-state index in [1.54, 1.807) is 18.2 Å². The van der Waals surface area contributed by atoms with Crippen LogP contribution in [0.2, 0.25) is 0 Å². The fraction of sp³-hybridized carbons (Fsp3) is 0.278. The highest BCUT2D eigenvalue weighted by Crippen LogP contribution is 2.31. The predicted molar refractivity (Wildman–Crippen MR) is 80.6 cm³/mol. The van der Waals surface area contributed by atoms with Crippen LogP contribution in [-0.4, -0.2) is 24.1 Å². The largest absolute Gasteiger partial charge is 0.493 e. The molecule has 4 nitrogen and oxygen atoms in total. The van der Waals surface area contributed by atoms with Gasteiger partial charge in [0.25, 0.3) is 0 Å². The van der Waals surface area contributed by atoms with Gasteiger partial charge in [0.05, 0.1) is 13.2 Å². The monoisotopic (exact) mass is 296 g/mol. The van der Waals surface area contributed by atoms with Gasteiger partial charge in [-0.2, -0.15) is 0 Å². The van der Waals surface area contributed by atoms with E-state index in [2.05, 4.69) is 0 Å². The van der Waals surface area contributed by atoms with E-state index in [9.17, 15) is 9.90 Å². The Morgan fingerprint density at radius 1 is 0.955 bits per heavy atom. The van der Waals surface area contributed by atoms with Gasteiger partial charge in [0.1, 0.15) is 17.6 Å². The Balaban J connectivity index is 1.62. The fourth-order valence-corrected chi connectivity index (χ4v) is 3.03. The van der Waals surface area contributed by atoms with Gasteiger partial charge in [0.15, 0.2) is 5.78 Å². The van der Waals surface area contributed by atoms with Crippen LogP contribution in [0, 0.1) is 0 Å². The Morgan fingerprint density at radius 3 is 2.32 bits per heavy atom. The number of benzene rings is 2. The van der Waals surface area contributed by atoms with Crippen LogP contribution in [0.5, 0.6) is 11.5 Å². The van der Waals surface area contributed by atoms with Crippen LogP contribution in [0.4, 0.5) is 0 Å². The molecule has 0 saturated carbocycles. The normalized spacial score (nSPS) is 16.4. The van der Waals surface area contributed by atoms with Crippen molar-refractivity contribution in [2.75, 3.05) is 13.2 Å². The highest BCUT2D eigenvalue weighted by atomic mass is 16.5. The molecule has 2 heterocycles. The van der Waals surface area contributed by atoms with Crippen LogP contribution < -0.4 is 9.47 Å². The van der Waals surface area contributed by atoms with Crippen molar-refractivity contribution in [1.29, 1.82) is 0 Å². The Hall–Kier alpha value is -2.33. The molecule has 0 amide bonds. The number of ketones is 1. The number of ether oxygens (including phenoxy) is 2. The van der Waals surface area contributed by atoms with E-state index in [0.717, 1.165) is 35.5 Å². The number of aliphatic hydroxyl groups is 1. The number of hydrogen-bond acceptors (Lipinski definition) is 4. The number of carbonyl (C=O) groups is 1. The maximum atomic E-state index is 12.5. The molecule has 0 aromatic heterocycles. The predicted octanol–water partition coefficient (Wildman–Crippen LogP) is 2.47. The smallest absolute Gasteiger partial charge is 0.195 e. The SMILES string of the molecule is O=C(c1ccc2c(c1)CCO2)C(O)c1ccc2c(c1)CCO2. The molecule has 2 aromatic carbocycles. The van der Waals surface area contributed by atoms with Crippen molar-refractivity contribution in [3.63, 3.8) is 0 Å². The van der Waals surface area contributed by atoms with Crippen LogP contribution in [0.1, 0.15) is 33.2 Å². The molecule has 2 aliphatic heterocycles. The fourth-order valence-electron chi connectivity index (χ4n) is 3.03. The molecule has 4 heteroatoms. The summed E-state index contributed by atoms with van der Waals surface area (Å²) in [5.74, 6) is 1.40. The molecular formula is C18H16O4. The number of carbonyl (C=O) groups excluding carboxylic acids is 1. The van der Waals surface area contributed by atoms with Crippen molar-refractivity contribution in [2.24, 2.45) is 0 Å². The molecule has 22 heavy (non-hydrogen) atoms. The average molecular weight is 296 g/mol. The molecule has 1 unspecified atom stereocenters. The first-order valence-corrected chi connectivity index (χ1v) is 7.46. The van der Waals surface area contributed by atoms with Gasteiger partial charge < -0.3 is 14.6 Å². The van der Waals surface area contributed by atoms with E-state index in [4.69, 9.17) is 9.47 Å². The summed E-state index contributed by atoms with van der Waals surface area (Å²) in [4.78, 5) is 12.5. The van der Waals surface area contributed by atoms with Crippen molar-refractivity contribution >= 4 is 5.78 Å². The molecule has 2 aliphatic rings. The number of hydrogen-bond donors (Lipinski definition) is 1. The van der Waals surface area contributed by atoms with Crippen molar-refractivity contribution in [1.82, 2.24) is 0 Å². The van der Waals surface area contributed by atoms with Gasteiger partial charge in [-0.25, -0.2) is 0 Å². The third kappa shape index (κ3) is 2.16. The van der Waals surface area contributed by atoms with E-state index >= 15 is 0 Å². The number of rotatable bonds is 3. The van der Waals surface area contributed by atoms with Crippen molar-refractivity contribution in [3.8, 4) is 11.5 Å². The Bertz CT molecular complexity index is 751. The summed E-state index contributed by atoms with van der Waals surface area (Å²) in [6, 6.07) is 10.8. The van der Waals surface area contributed by atoms with Gasteiger partial charge >= 0.3 is 0 Å². The molecule has 112 valence electrons. The molecule has 0 aliphatic carbocycles. The molecule has 1 N–H and O–H groups in total. The molecule has 4 rings (SSSR count). The highest BCUT2D eigenvalue weighted by molar-refractivity contribution is 6.00. The lowest BCUT2D eigenvalue weighted by Crippen LogP contribution is -2.12. The van der Waals surface area contributed by atoms with E-state index < -0.39 is 6.10 Å². The second-order valence-electron chi connectivity index (χ2n) is 5.65. The summed E-state index contributed by atoms with van der Waals surface area (Å²) < 4.78 is 10.9. The van der Waals surface area contributed by atoms with Crippen molar-refractivity contribution < 1.29 is 19.4 Å². The summed E-state index contributed by atoms with van der Waals surface area (Å²) in [7, 11) is 0. The summed E-state index contributed by atoms with van der Waals surface area (Å²) >= 11 is 0. The number of fused-ring (bicyclic) bond motifs is 2. The highest BCUT2D eigenvalue weighted by Gasteiger charge is 2.23. The molecule has 0 bridgehead atoms. The van der Waals surface area contributed by atoms with E-state index in [-0.39, 0.29) is 5.78 Å². The summed E-state index contributed by atoms with van der Waals surface area (Å²) in [5.41, 5.74) is 3.21. The van der Waals surface area contributed by atoms with Crippen LogP contribution in [0.25, 0.3) is 0 Å². The first kappa shape index (κ1) is 13.3. The summed E-state index contributed by atoms with van der Waals surface area (Å²) in [6.07, 6.45) is 0.481. The first-order valence-electron chi connectivity index (χ1n) is 7.46. The molecule has 0 spiro atoms. The summed E-state index contributed by atoms with van der Waals surface area (Å²) in [5, 5.41) is 10.4. The van der Waals surface area contributed by atoms with Gasteiger partial charge in [0, 0.05) is 18.4 Å². The minimum Gasteiger partial charge on any atom is -0.493 e. The zero-order chi connectivity index (χ0) is 15.1. The topological polar surface area (TPSA) is 55.8 Å². The number of Topliss-reactive ketones (excluding diaryl/α,β-unsaturated/α-hetero) is 1. The Kier molecular flexibility index (Phi) is 3.12. The van der Waals surface area contributed by atoms with Gasteiger partial charge in [-0.1, -0.05) is 6.07 Å². The third-order valence-corrected chi connectivity index (χ3v) is 4.25. The molecule has 0 saturated heterocycles. The molecular weight excluding hydrogens is 280 g/mol. The lowest BCUT2D eigenvalue weighted by molar-refractivity contribution is 0.0747. The lowest BCUT2D eigenvalue weighted by atomic mass is 9.96. The zero-order valence-electron chi connectivity index (χ0n) is 12.0. The van der Waals surface area contributed by atoms with Crippen LogP contribution in [0.3, 0.4) is 0 Å². The molecule has 0 radical (unpaired) electrons. The quantitative estimate of drug-likeness (QED) is 0.884. The first-order chi connectivity index (χ1) is 10.7. The second-order valence-corrected chi connectivity index (χ2v) is 5.65. The van der Waals surface area contributed by atoms with Gasteiger partial charge in [-0.05, 0) is 47.0 Å². The van der Waals surface area contributed by atoms with Crippen LogP contribution in [-0.2, 0) is 12.8 Å². The zero-order valence-corrected chi connectivity index (χ0v) is 12.0. The van der Waals surface area contributed by atoms with Gasteiger partial charge in [-0.15, -0.1) is 0 Å². The average Bonchev–Trinajstić information content (AvgIpc) is 3.20. The Labute approximate surface area is 128 Å². The molecule has 1 atom stereocenters. The minimum absolute atomic E-state index is 0.284. The van der Waals surface area contributed by atoms with Gasteiger partial charge in [0.2, 0.25) is 0 Å². The van der Waals surface area contributed by atoms with E-state index in [0.29, 0.717) is 24.3 Å². The van der Waals surface area contributed by atoms with E-state index in [1.165, 1.54) is 0 Å². The Morgan fingerprint density at radius 2 is 1.59 bits per heavy atom. The second kappa shape index (κ2) is 5.14. The molecule has 0 fully saturated rings. The minimum atomic E-state index is -1.15.